The summed E-state index contributed by atoms with van der Waals surface area (Å²) in [5, 5.41) is 0. The lowest BCUT2D eigenvalue weighted by Gasteiger charge is -2.36. The second-order valence-corrected chi connectivity index (χ2v) is 7.64. The molecule has 1 heterocycles. The molecular formula is C13H23N3O3S. The van der Waals surface area contributed by atoms with Gasteiger partial charge in [-0.2, -0.15) is 17.0 Å². The minimum atomic E-state index is -3.36. The van der Waals surface area contributed by atoms with Crippen LogP contribution in [-0.4, -0.2) is 68.1 Å². The van der Waals surface area contributed by atoms with Gasteiger partial charge in [0.05, 0.1) is 0 Å². The minimum Gasteiger partial charge on any atom is -0.340 e. The molecule has 1 saturated heterocycles. The van der Waals surface area contributed by atoms with Crippen molar-refractivity contribution in [2.24, 2.45) is 5.92 Å². The Morgan fingerprint density at radius 2 is 1.80 bits per heavy atom. The number of piperazine rings is 1. The maximum Gasteiger partial charge on any atom is 0.281 e. The van der Waals surface area contributed by atoms with Gasteiger partial charge < -0.3 is 4.90 Å². The molecule has 0 aromatic rings. The van der Waals surface area contributed by atoms with Gasteiger partial charge in [0.15, 0.2) is 0 Å². The van der Waals surface area contributed by atoms with Crippen LogP contribution < -0.4 is 0 Å². The Balaban J connectivity index is 1.91. The van der Waals surface area contributed by atoms with Gasteiger partial charge in [-0.05, 0) is 19.3 Å². The molecule has 0 radical (unpaired) electrons. The zero-order valence-electron chi connectivity index (χ0n) is 12.2. The van der Waals surface area contributed by atoms with Crippen LogP contribution in [-0.2, 0) is 15.0 Å². The van der Waals surface area contributed by atoms with Gasteiger partial charge in [0.1, 0.15) is 0 Å². The Bertz CT molecular complexity index is 479. The molecule has 6 nitrogen and oxygen atoms in total. The van der Waals surface area contributed by atoms with Crippen LogP contribution in [0.5, 0.6) is 0 Å². The summed E-state index contributed by atoms with van der Waals surface area (Å²) < 4.78 is 26.7. The summed E-state index contributed by atoms with van der Waals surface area (Å²) >= 11 is 0. The summed E-state index contributed by atoms with van der Waals surface area (Å²) in [6, 6.07) is 0. The molecule has 1 aliphatic carbocycles. The molecule has 0 N–H and O–H groups in total. The van der Waals surface area contributed by atoms with Gasteiger partial charge in [-0.3, -0.25) is 4.79 Å². The molecule has 0 aromatic heterocycles. The molecule has 1 fully saturated rings. The van der Waals surface area contributed by atoms with Gasteiger partial charge >= 0.3 is 0 Å². The van der Waals surface area contributed by atoms with Crippen molar-refractivity contribution >= 4 is 16.1 Å². The number of amides is 1. The fourth-order valence-corrected chi connectivity index (χ4v) is 3.73. The van der Waals surface area contributed by atoms with Crippen LogP contribution in [0.3, 0.4) is 0 Å². The van der Waals surface area contributed by atoms with Crippen molar-refractivity contribution in [3.05, 3.63) is 12.2 Å². The number of nitrogens with zero attached hydrogens (tertiary/aromatic N) is 3. The number of carbonyl (C=O) groups excluding carboxylic acids is 1. The normalized spacial score (nSPS) is 25.1. The number of carbonyl (C=O) groups is 1. The van der Waals surface area contributed by atoms with Crippen LogP contribution in [0, 0.1) is 5.92 Å². The SMILES string of the molecule is CN(C)S(=O)(=O)N1CCN(C(=O)[C@H]2CC=CCC2)CC1. The van der Waals surface area contributed by atoms with E-state index >= 15 is 0 Å². The third-order valence-electron chi connectivity index (χ3n) is 3.96. The van der Waals surface area contributed by atoms with Crippen LogP contribution >= 0.6 is 0 Å². The van der Waals surface area contributed by atoms with Crippen LogP contribution in [0.2, 0.25) is 0 Å². The monoisotopic (exact) mass is 301 g/mol. The van der Waals surface area contributed by atoms with Crippen LogP contribution in [0.1, 0.15) is 19.3 Å². The van der Waals surface area contributed by atoms with Crippen molar-refractivity contribution in [2.45, 2.75) is 19.3 Å². The van der Waals surface area contributed by atoms with E-state index in [0.29, 0.717) is 26.2 Å². The molecule has 114 valence electrons. The second kappa shape index (κ2) is 6.24. The molecule has 2 rings (SSSR count). The fourth-order valence-electron chi connectivity index (χ4n) is 2.65. The molecular weight excluding hydrogens is 278 g/mol. The highest BCUT2D eigenvalue weighted by atomic mass is 32.2. The zero-order valence-corrected chi connectivity index (χ0v) is 13.0. The lowest BCUT2D eigenvalue weighted by molar-refractivity contribution is -0.137. The predicted octanol–water partition coefficient (Wildman–Crippen LogP) is 0.293. The van der Waals surface area contributed by atoms with Crippen molar-refractivity contribution in [3.8, 4) is 0 Å². The molecule has 1 atom stereocenters. The Morgan fingerprint density at radius 3 is 2.30 bits per heavy atom. The summed E-state index contributed by atoms with van der Waals surface area (Å²) in [6.45, 7) is 1.75. The fraction of sp³-hybridized carbons (Fsp3) is 0.769. The smallest absolute Gasteiger partial charge is 0.281 e. The molecule has 2 aliphatic rings. The van der Waals surface area contributed by atoms with E-state index in [1.54, 1.807) is 0 Å². The summed E-state index contributed by atoms with van der Waals surface area (Å²) in [4.78, 5) is 14.2. The van der Waals surface area contributed by atoms with E-state index in [1.165, 1.54) is 22.7 Å². The van der Waals surface area contributed by atoms with Gasteiger partial charge in [-0.1, -0.05) is 12.2 Å². The predicted molar refractivity (Wildman–Crippen MR) is 77.2 cm³/mol. The van der Waals surface area contributed by atoms with Gasteiger partial charge in [0, 0.05) is 46.2 Å². The molecule has 1 amide bonds. The average molecular weight is 301 g/mol. The highest BCUT2D eigenvalue weighted by Crippen LogP contribution is 2.21. The van der Waals surface area contributed by atoms with Crippen molar-refractivity contribution in [1.29, 1.82) is 0 Å². The van der Waals surface area contributed by atoms with E-state index in [4.69, 9.17) is 0 Å². The Kier molecular flexibility index (Phi) is 4.82. The highest BCUT2D eigenvalue weighted by molar-refractivity contribution is 7.86. The van der Waals surface area contributed by atoms with E-state index in [-0.39, 0.29) is 11.8 Å². The summed E-state index contributed by atoms with van der Waals surface area (Å²) in [5.41, 5.74) is 0. The van der Waals surface area contributed by atoms with Crippen molar-refractivity contribution in [1.82, 2.24) is 13.5 Å². The first-order chi connectivity index (χ1) is 9.43. The zero-order chi connectivity index (χ0) is 14.8. The van der Waals surface area contributed by atoms with Crippen molar-refractivity contribution in [3.63, 3.8) is 0 Å². The lowest BCUT2D eigenvalue weighted by atomic mass is 9.93. The molecule has 0 unspecified atom stereocenters. The Labute approximate surface area is 121 Å². The van der Waals surface area contributed by atoms with Crippen LogP contribution in [0.4, 0.5) is 0 Å². The topological polar surface area (TPSA) is 60.9 Å². The molecule has 7 heteroatoms. The largest absolute Gasteiger partial charge is 0.340 e. The lowest BCUT2D eigenvalue weighted by Crippen LogP contribution is -2.54. The number of hydrogen-bond donors (Lipinski definition) is 0. The minimum absolute atomic E-state index is 0.0806. The molecule has 20 heavy (non-hydrogen) atoms. The molecule has 0 aromatic carbocycles. The summed E-state index contributed by atoms with van der Waals surface area (Å²) in [5.74, 6) is 0.258. The molecule has 0 spiro atoms. The third-order valence-corrected chi connectivity index (χ3v) is 5.90. The Hall–Kier alpha value is -0.920. The highest BCUT2D eigenvalue weighted by Gasteiger charge is 2.32. The standard InChI is InChI=1S/C13H23N3O3S/c1-14(2)20(18,19)16-10-8-15(9-11-16)13(17)12-6-4-3-5-7-12/h3-4,12H,5-11H2,1-2H3/t12-/m0/s1. The average Bonchev–Trinajstić information content (AvgIpc) is 2.47. The van der Waals surface area contributed by atoms with Gasteiger partial charge in [-0.25, -0.2) is 0 Å². The summed E-state index contributed by atoms with van der Waals surface area (Å²) in [6.07, 6.45) is 6.87. The van der Waals surface area contributed by atoms with E-state index in [2.05, 4.69) is 12.2 Å². The van der Waals surface area contributed by atoms with E-state index in [0.717, 1.165) is 19.3 Å². The Morgan fingerprint density at radius 1 is 1.15 bits per heavy atom. The van der Waals surface area contributed by atoms with Crippen molar-refractivity contribution < 1.29 is 13.2 Å². The van der Waals surface area contributed by atoms with Gasteiger partial charge in [0.25, 0.3) is 10.2 Å². The van der Waals surface area contributed by atoms with Gasteiger partial charge in [-0.15, -0.1) is 0 Å². The molecule has 0 saturated carbocycles. The second-order valence-electron chi connectivity index (χ2n) is 5.50. The van der Waals surface area contributed by atoms with Crippen LogP contribution in [0.25, 0.3) is 0 Å². The number of rotatable bonds is 3. The first-order valence-electron chi connectivity index (χ1n) is 7.04. The summed E-state index contributed by atoms with van der Waals surface area (Å²) in [7, 11) is -0.298. The number of allylic oxidation sites excluding steroid dienone is 2. The first kappa shape index (κ1) is 15.5. The van der Waals surface area contributed by atoms with Crippen molar-refractivity contribution in [2.75, 3.05) is 40.3 Å². The van der Waals surface area contributed by atoms with Gasteiger partial charge in [0.2, 0.25) is 5.91 Å². The maximum atomic E-state index is 12.4. The van der Waals surface area contributed by atoms with E-state index < -0.39 is 10.2 Å². The molecule has 1 aliphatic heterocycles. The molecule has 0 bridgehead atoms. The quantitative estimate of drug-likeness (QED) is 0.704. The third kappa shape index (κ3) is 3.21. The van der Waals surface area contributed by atoms with E-state index in [1.807, 2.05) is 4.90 Å². The maximum absolute atomic E-state index is 12.4. The van der Waals surface area contributed by atoms with Crippen LogP contribution in [0.15, 0.2) is 12.2 Å². The first-order valence-corrected chi connectivity index (χ1v) is 8.44. The van der Waals surface area contributed by atoms with E-state index in [9.17, 15) is 13.2 Å². The number of hydrogen-bond acceptors (Lipinski definition) is 3.